The lowest BCUT2D eigenvalue weighted by molar-refractivity contribution is 0.102. The van der Waals surface area contributed by atoms with Crippen molar-refractivity contribution in [3.05, 3.63) is 59.3 Å². The predicted molar refractivity (Wildman–Crippen MR) is 78.9 cm³/mol. The smallest absolute Gasteiger partial charge is 0.257 e. The van der Waals surface area contributed by atoms with Crippen LogP contribution in [0, 0.1) is 6.92 Å². The van der Waals surface area contributed by atoms with E-state index in [0.717, 1.165) is 16.9 Å². The lowest BCUT2D eigenvalue weighted by Gasteiger charge is -2.09. The molecule has 20 heavy (non-hydrogen) atoms. The summed E-state index contributed by atoms with van der Waals surface area (Å²) in [5, 5.41) is 5.21. The van der Waals surface area contributed by atoms with Gasteiger partial charge in [-0.25, -0.2) is 4.98 Å². The molecule has 0 bridgehead atoms. The highest BCUT2D eigenvalue weighted by Crippen LogP contribution is 2.26. The van der Waals surface area contributed by atoms with E-state index in [1.807, 2.05) is 36.6 Å². The van der Waals surface area contributed by atoms with Gasteiger partial charge < -0.3 is 4.42 Å². The Balaban J connectivity index is 1.94. The second kappa shape index (κ2) is 5.30. The number of carbonyl (C=O) groups excluding carboxylic acids is 1. The van der Waals surface area contributed by atoms with Crippen LogP contribution >= 0.6 is 11.3 Å². The highest BCUT2D eigenvalue weighted by Gasteiger charge is 2.14. The van der Waals surface area contributed by atoms with Crippen molar-refractivity contribution in [3.63, 3.8) is 0 Å². The van der Waals surface area contributed by atoms with Crippen LogP contribution in [0.5, 0.6) is 0 Å². The molecule has 0 saturated heterocycles. The third-order valence-electron chi connectivity index (χ3n) is 3.02. The number of amides is 1. The van der Waals surface area contributed by atoms with E-state index < -0.39 is 0 Å². The first kappa shape index (κ1) is 12.6. The van der Waals surface area contributed by atoms with Gasteiger partial charge in [0.05, 0.1) is 6.26 Å². The number of hydrogen-bond acceptors (Lipinski definition) is 4. The Morgan fingerprint density at radius 1 is 1.30 bits per heavy atom. The van der Waals surface area contributed by atoms with Gasteiger partial charge in [-0.1, -0.05) is 12.1 Å². The van der Waals surface area contributed by atoms with E-state index in [1.165, 1.54) is 11.3 Å². The molecule has 4 nitrogen and oxygen atoms in total. The van der Waals surface area contributed by atoms with E-state index in [-0.39, 0.29) is 5.91 Å². The minimum absolute atomic E-state index is 0.161. The van der Waals surface area contributed by atoms with Gasteiger partial charge in [-0.15, -0.1) is 11.3 Å². The van der Waals surface area contributed by atoms with E-state index in [0.29, 0.717) is 10.7 Å². The van der Waals surface area contributed by atoms with Crippen molar-refractivity contribution in [2.45, 2.75) is 6.92 Å². The van der Waals surface area contributed by atoms with E-state index in [4.69, 9.17) is 4.42 Å². The maximum Gasteiger partial charge on any atom is 0.257 e. The van der Waals surface area contributed by atoms with Crippen LogP contribution in [0.3, 0.4) is 0 Å². The predicted octanol–water partition coefficient (Wildman–Crippen LogP) is 3.96. The number of aromatic nitrogens is 1. The standard InChI is InChI=1S/C15H12N2O2S/c1-10-11(13-6-3-8-19-13)4-2-5-12(10)14(18)17-15-16-7-9-20-15/h2-9H,1H3,(H,16,17,18). The van der Waals surface area contributed by atoms with Gasteiger partial charge in [0, 0.05) is 22.7 Å². The summed E-state index contributed by atoms with van der Waals surface area (Å²) in [6.45, 7) is 1.91. The molecule has 100 valence electrons. The van der Waals surface area contributed by atoms with Gasteiger partial charge in [-0.05, 0) is 30.7 Å². The van der Waals surface area contributed by atoms with Crippen molar-refractivity contribution in [3.8, 4) is 11.3 Å². The van der Waals surface area contributed by atoms with Gasteiger partial charge in [-0.3, -0.25) is 10.1 Å². The molecule has 0 atom stereocenters. The van der Waals surface area contributed by atoms with Gasteiger partial charge in [0.25, 0.3) is 5.91 Å². The van der Waals surface area contributed by atoms with Crippen LogP contribution in [0.15, 0.2) is 52.6 Å². The number of nitrogens with one attached hydrogen (secondary N) is 1. The van der Waals surface area contributed by atoms with E-state index >= 15 is 0 Å². The Labute approximate surface area is 120 Å². The third-order valence-corrected chi connectivity index (χ3v) is 3.71. The Hall–Kier alpha value is -2.40. The Kier molecular flexibility index (Phi) is 3.35. The fourth-order valence-corrected chi connectivity index (χ4v) is 2.55. The van der Waals surface area contributed by atoms with E-state index in [9.17, 15) is 4.79 Å². The monoisotopic (exact) mass is 284 g/mol. The zero-order valence-corrected chi connectivity index (χ0v) is 11.6. The molecule has 1 N–H and O–H groups in total. The first-order chi connectivity index (χ1) is 9.75. The number of benzene rings is 1. The molecule has 0 aliphatic carbocycles. The van der Waals surface area contributed by atoms with Crippen molar-refractivity contribution in [1.82, 2.24) is 4.98 Å². The molecule has 0 unspecified atom stereocenters. The molecule has 2 aromatic heterocycles. The molecule has 0 spiro atoms. The Bertz CT molecular complexity index is 718. The highest BCUT2D eigenvalue weighted by molar-refractivity contribution is 7.13. The molecule has 0 radical (unpaired) electrons. The SMILES string of the molecule is Cc1c(C(=O)Nc2nccs2)cccc1-c1ccco1. The third kappa shape index (κ3) is 2.35. The average Bonchev–Trinajstić information content (AvgIpc) is 3.11. The second-order valence-corrected chi connectivity index (χ2v) is 5.14. The number of hydrogen-bond donors (Lipinski definition) is 1. The maximum atomic E-state index is 12.3. The Morgan fingerprint density at radius 3 is 2.90 bits per heavy atom. The van der Waals surface area contributed by atoms with Crippen LogP contribution in [0.25, 0.3) is 11.3 Å². The molecule has 0 aliphatic heterocycles. The first-order valence-electron chi connectivity index (χ1n) is 6.10. The summed E-state index contributed by atoms with van der Waals surface area (Å²) < 4.78 is 5.40. The lowest BCUT2D eigenvalue weighted by Crippen LogP contribution is -2.13. The minimum Gasteiger partial charge on any atom is -0.464 e. The Morgan fingerprint density at radius 2 is 2.20 bits per heavy atom. The quantitative estimate of drug-likeness (QED) is 0.792. The largest absolute Gasteiger partial charge is 0.464 e. The summed E-state index contributed by atoms with van der Waals surface area (Å²) in [5.41, 5.74) is 2.42. The van der Waals surface area contributed by atoms with Gasteiger partial charge in [0.2, 0.25) is 0 Å². The molecular weight excluding hydrogens is 272 g/mol. The van der Waals surface area contributed by atoms with Crippen LogP contribution in [-0.4, -0.2) is 10.9 Å². The topological polar surface area (TPSA) is 55.1 Å². The average molecular weight is 284 g/mol. The molecule has 3 rings (SSSR count). The molecule has 1 aromatic carbocycles. The van der Waals surface area contributed by atoms with Crippen LogP contribution in [0.2, 0.25) is 0 Å². The number of furan rings is 1. The van der Waals surface area contributed by atoms with Crippen LogP contribution in [0.4, 0.5) is 5.13 Å². The molecule has 1 amide bonds. The summed E-state index contributed by atoms with van der Waals surface area (Å²) in [5.74, 6) is 0.595. The molecule has 0 fully saturated rings. The second-order valence-electron chi connectivity index (χ2n) is 4.25. The minimum atomic E-state index is -0.161. The lowest BCUT2D eigenvalue weighted by atomic mass is 10.0. The summed E-state index contributed by atoms with van der Waals surface area (Å²) in [6, 6.07) is 9.29. The maximum absolute atomic E-state index is 12.3. The number of thiazole rings is 1. The van der Waals surface area contributed by atoms with Gasteiger partial charge in [-0.2, -0.15) is 0 Å². The van der Waals surface area contributed by atoms with Gasteiger partial charge in [0.1, 0.15) is 5.76 Å². The summed E-state index contributed by atoms with van der Waals surface area (Å²) in [7, 11) is 0. The highest BCUT2D eigenvalue weighted by atomic mass is 32.1. The molecular formula is C15H12N2O2S. The fourth-order valence-electron chi connectivity index (χ4n) is 2.03. The van der Waals surface area contributed by atoms with Crippen LogP contribution in [0.1, 0.15) is 15.9 Å². The molecule has 3 aromatic rings. The first-order valence-corrected chi connectivity index (χ1v) is 6.98. The fraction of sp³-hybridized carbons (Fsp3) is 0.0667. The number of rotatable bonds is 3. The van der Waals surface area contributed by atoms with Crippen LogP contribution in [-0.2, 0) is 0 Å². The summed E-state index contributed by atoms with van der Waals surface area (Å²) >= 11 is 1.39. The van der Waals surface area contributed by atoms with Crippen LogP contribution < -0.4 is 5.32 Å². The van der Waals surface area contributed by atoms with Crippen molar-refractivity contribution < 1.29 is 9.21 Å². The normalized spacial score (nSPS) is 10.4. The van der Waals surface area contributed by atoms with Crippen molar-refractivity contribution in [1.29, 1.82) is 0 Å². The van der Waals surface area contributed by atoms with E-state index in [1.54, 1.807) is 18.5 Å². The van der Waals surface area contributed by atoms with Gasteiger partial charge in [0.15, 0.2) is 5.13 Å². The molecule has 0 saturated carbocycles. The van der Waals surface area contributed by atoms with Crippen molar-refractivity contribution in [2.75, 3.05) is 5.32 Å². The molecule has 2 heterocycles. The summed E-state index contributed by atoms with van der Waals surface area (Å²) in [4.78, 5) is 16.3. The number of nitrogens with zero attached hydrogens (tertiary/aromatic N) is 1. The molecule has 0 aliphatic rings. The van der Waals surface area contributed by atoms with E-state index in [2.05, 4.69) is 10.3 Å². The zero-order chi connectivity index (χ0) is 13.9. The molecule has 5 heteroatoms. The summed E-state index contributed by atoms with van der Waals surface area (Å²) in [6.07, 6.45) is 3.28. The number of carbonyl (C=O) groups is 1. The van der Waals surface area contributed by atoms with Crippen molar-refractivity contribution in [2.24, 2.45) is 0 Å². The van der Waals surface area contributed by atoms with Gasteiger partial charge >= 0.3 is 0 Å². The number of anilines is 1. The zero-order valence-electron chi connectivity index (χ0n) is 10.8. The van der Waals surface area contributed by atoms with Crippen molar-refractivity contribution >= 4 is 22.4 Å².